The van der Waals surface area contributed by atoms with Gasteiger partial charge in [-0.3, -0.25) is 0 Å². The number of oxime groups is 1. The summed E-state index contributed by atoms with van der Waals surface area (Å²) >= 11 is 0. The van der Waals surface area contributed by atoms with Crippen LogP contribution in [0.1, 0.15) is 12.5 Å². The zero-order chi connectivity index (χ0) is 13.0. The van der Waals surface area contributed by atoms with Crippen LogP contribution >= 0.6 is 0 Å². The second kappa shape index (κ2) is 5.68. The van der Waals surface area contributed by atoms with Gasteiger partial charge in [-0.2, -0.15) is 0 Å². The maximum Gasteiger partial charge on any atom is 0.170 e. The highest BCUT2D eigenvalue weighted by molar-refractivity contribution is 5.97. The first-order valence-corrected chi connectivity index (χ1v) is 6.16. The highest BCUT2D eigenvalue weighted by Crippen LogP contribution is 2.14. The number of hydrogen-bond donors (Lipinski definition) is 2. The fourth-order valence-electron chi connectivity index (χ4n) is 2.10. The molecule has 0 unspecified atom stereocenters. The quantitative estimate of drug-likeness (QED) is 0.349. The molecule has 98 valence electrons. The molecule has 2 heterocycles. The van der Waals surface area contributed by atoms with Crippen LogP contribution in [0.2, 0.25) is 0 Å². The first kappa shape index (κ1) is 12.6. The monoisotopic (exact) mass is 249 g/mol. The minimum Gasteiger partial charge on any atom is -0.409 e. The first-order valence-electron chi connectivity index (χ1n) is 6.16. The second-order valence-corrected chi connectivity index (χ2v) is 4.31. The van der Waals surface area contributed by atoms with E-state index in [1.807, 2.05) is 6.07 Å². The van der Waals surface area contributed by atoms with Crippen molar-refractivity contribution in [3.05, 3.63) is 23.9 Å². The highest BCUT2D eigenvalue weighted by Gasteiger charge is 2.17. The van der Waals surface area contributed by atoms with Crippen molar-refractivity contribution >= 4 is 11.7 Å². The molecule has 6 heteroatoms. The van der Waals surface area contributed by atoms with Gasteiger partial charge in [0.2, 0.25) is 0 Å². The number of nitrogens with two attached hydrogens (primary N) is 1. The summed E-state index contributed by atoms with van der Waals surface area (Å²) in [6.45, 7) is 7.28. The van der Waals surface area contributed by atoms with Gasteiger partial charge in [0.25, 0.3) is 0 Å². The molecule has 0 bridgehead atoms. The third-order valence-corrected chi connectivity index (χ3v) is 3.29. The van der Waals surface area contributed by atoms with E-state index in [0.29, 0.717) is 5.56 Å². The Morgan fingerprint density at radius 3 is 2.78 bits per heavy atom. The van der Waals surface area contributed by atoms with E-state index >= 15 is 0 Å². The SMILES string of the molecule is CCN1CCN(c2cc(/C(N)=N/O)ccn2)CC1. The normalized spacial score (nSPS) is 18.1. The number of rotatable bonds is 3. The van der Waals surface area contributed by atoms with E-state index in [4.69, 9.17) is 10.9 Å². The minimum atomic E-state index is 0.117. The second-order valence-electron chi connectivity index (χ2n) is 4.31. The molecule has 0 spiro atoms. The highest BCUT2D eigenvalue weighted by atomic mass is 16.4. The Kier molecular flexibility index (Phi) is 3.99. The molecule has 0 atom stereocenters. The molecule has 0 amide bonds. The zero-order valence-corrected chi connectivity index (χ0v) is 10.6. The molecule has 0 aromatic carbocycles. The number of likely N-dealkylation sites (N-methyl/N-ethyl adjacent to an activating group) is 1. The topological polar surface area (TPSA) is 78.0 Å². The molecule has 1 aliphatic heterocycles. The van der Waals surface area contributed by atoms with Crippen LogP contribution in [0, 0.1) is 0 Å². The maximum atomic E-state index is 8.68. The van der Waals surface area contributed by atoms with Gasteiger partial charge in [0, 0.05) is 37.9 Å². The van der Waals surface area contributed by atoms with Crippen molar-refractivity contribution in [2.24, 2.45) is 10.9 Å². The van der Waals surface area contributed by atoms with Crippen LogP contribution in [-0.2, 0) is 0 Å². The Morgan fingerprint density at radius 1 is 1.44 bits per heavy atom. The van der Waals surface area contributed by atoms with Gasteiger partial charge in [0.1, 0.15) is 5.82 Å². The Labute approximate surface area is 107 Å². The van der Waals surface area contributed by atoms with E-state index < -0.39 is 0 Å². The molecule has 18 heavy (non-hydrogen) atoms. The van der Waals surface area contributed by atoms with Crippen molar-refractivity contribution in [2.75, 3.05) is 37.6 Å². The van der Waals surface area contributed by atoms with Crippen LogP contribution in [-0.4, -0.2) is 53.7 Å². The van der Waals surface area contributed by atoms with Crippen molar-refractivity contribution in [3.63, 3.8) is 0 Å². The van der Waals surface area contributed by atoms with Crippen molar-refractivity contribution in [2.45, 2.75) is 6.92 Å². The lowest BCUT2D eigenvalue weighted by molar-refractivity contribution is 0.270. The molecule has 0 aliphatic carbocycles. The van der Waals surface area contributed by atoms with Crippen LogP contribution in [0.15, 0.2) is 23.5 Å². The van der Waals surface area contributed by atoms with Gasteiger partial charge in [0.15, 0.2) is 5.84 Å². The van der Waals surface area contributed by atoms with E-state index in [0.717, 1.165) is 38.5 Å². The summed E-state index contributed by atoms with van der Waals surface area (Å²) in [4.78, 5) is 8.98. The molecule has 0 radical (unpaired) electrons. The molecular formula is C12H19N5O. The summed E-state index contributed by atoms with van der Waals surface area (Å²) in [6, 6.07) is 3.59. The van der Waals surface area contributed by atoms with Crippen LogP contribution in [0.25, 0.3) is 0 Å². The number of anilines is 1. The van der Waals surface area contributed by atoms with E-state index in [1.54, 1.807) is 12.3 Å². The molecule has 3 N–H and O–H groups in total. The third kappa shape index (κ3) is 2.70. The van der Waals surface area contributed by atoms with Crippen molar-refractivity contribution in [1.29, 1.82) is 0 Å². The average molecular weight is 249 g/mol. The van der Waals surface area contributed by atoms with E-state index in [9.17, 15) is 0 Å². The fourth-order valence-corrected chi connectivity index (χ4v) is 2.10. The van der Waals surface area contributed by atoms with Gasteiger partial charge in [-0.25, -0.2) is 4.98 Å². The summed E-state index contributed by atoms with van der Waals surface area (Å²) in [5.74, 6) is 1.00. The number of hydrogen-bond acceptors (Lipinski definition) is 5. The predicted octanol–water partition coefficient (Wildman–Crippen LogP) is 0.318. The number of aromatic nitrogens is 1. The third-order valence-electron chi connectivity index (χ3n) is 3.29. The van der Waals surface area contributed by atoms with Crippen LogP contribution in [0.3, 0.4) is 0 Å². The van der Waals surface area contributed by atoms with Gasteiger partial charge < -0.3 is 20.7 Å². The number of piperazine rings is 1. The molecule has 1 aliphatic rings. The van der Waals surface area contributed by atoms with Crippen molar-refractivity contribution in [1.82, 2.24) is 9.88 Å². The summed E-state index contributed by atoms with van der Waals surface area (Å²) in [7, 11) is 0. The predicted molar refractivity (Wildman–Crippen MR) is 71.1 cm³/mol. The van der Waals surface area contributed by atoms with E-state index in [2.05, 4.69) is 26.9 Å². The van der Waals surface area contributed by atoms with E-state index in [1.165, 1.54) is 0 Å². The number of nitrogens with zero attached hydrogens (tertiary/aromatic N) is 4. The Balaban J connectivity index is 2.10. The van der Waals surface area contributed by atoms with Gasteiger partial charge in [0.05, 0.1) is 0 Å². The summed E-state index contributed by atoms with van der Waals surface area (Å²) in [5, 5.41) is 11.7. The van der Waals surface area contributed by atoms with Gasteiger partial charge in [-0.15, -0.1) is 0 Å². The average Bonchev–Trinajstić information content (AvgIpc) is 2.46. The van der Waals surface area contributed by atoms with Crippen molar-refractivity contribution < 1.29 is 5.21 Å². The molecule has 1 fully saturated rings. The number of amidine groups is 1. The minimum absolute atomic E-state index is 0.117. The lowest BCUT2D eigenvalue weighted by atomic mass is 10.2. The van der Waals surface area contributed by atoms with Crippen LogP contribution in [0.4, 0.5) is 5.82 Å². The van der Waals surface area contributed by atoms with E-state index in [-0.39, 0.29) is 5.84 Å². The lowest BCUT2D eigenvalue weighted by Crippen LogP contribution is -2.46. The fraction of sp³-hybridized carbons (Fsp3) is 0.500. The smallest absolute Gasteiger partial charge is 0.170 e. The summed E-state index contributed by atoms with van der Waals surface area (Å²) in [5.41, 5.74) is 6.28. The number of pyridine rings is 1. The standard InChI is InChI=1S/C12H19N5O/c1-2-16-5-7-17(8-6-16)11-9-10(3-4-14-11)12(13)15-18/h3-4,9,18H,2,5-8H2,1H3,(H2,13,15). The largest absolute Gasteiger partial charge is 0.409 e. The molecule has 1 aromatic rings. The summed E-state index contributed by atoms with van der Waals surface area (Å²) in [6.07, 6.45) is 1.69. The first-order chi connectivity index (χ1) is 8.74. The van der Waals surface area contributed by atoms with Gasteiger partial charge in [-0.05, 0) is 18.7 Å². The lowest BCUT2D eigenvalue weighted by Gasteiger charge is -2.34. The van der Waals surface area contributed by atoms with Crippen molar-refractivity contribution in [3.8, 4) is 0 Å². The molecular weight excluding hydrogens is 230 g/mol. The molecule has 2 rings (SSSR count). The van der Waals surface area contributed by atoms with Gasteiger partial charge >= 0.3 is 0 Å². The molecule has 0 saturated carbocycles. The zero-order valence-electron chi connectivity index (χ0n) is 10.6. The Bertz CT molecular complexity index is 426. The van der Waals surface area contributed by atoms with Crippen LogP contribution in [0.5, 0.6) is 0 Å². The molecule has 6 nitrogen and oxygen atoms in total. The Hall–Kier alpha value is -1.82. The summed E-state index contributed by atoms with van der Waals surface area (Å²) < 4.78 is 0. The maximum absolute atomic E-state index is 8.68. The molecule has 1 saturated heterocycles. The van der Waals surface area contributed by atoms with Crippen LogP contribution < -0.4 is 10.6 Å². The Morgan fingerprint density at radius 2 is 2.17 bits per heavy atom. The molecule has 1 aromatic heterocycles. The van der Waals surface area contributed by atoms with Gasteiger partial charge in [-0.1, -0.05) is 12.1 Å².